The van der Waals surface area contributed by atoms with Crippen molar-refractivity contribution in [1.82, 2.24) is 0 Å². The van der Waals surface area contributed by atoms with Gasteiger partial charge < -0.3 is 10.0 Å². The molecule has 19 heavy (non-hydrogen) atoms. The van der Waals surface area contributed by atoms with Gasteiger partial charge in [0.25, 0.3) is 0 Å². The quantitative estimate of drug-likeness (QED) is 0.868. The molecule has 0 unspecified atom stereocenters. The van der Waals surface area contributed by atoms with Gasteiger partial charge in [0.05, 0.1) is 0 Å². The van der Waals surface area contributed by atoms with Crippen molar-refractivity contribution in [3.8, 4) is 0 Å². The fourth-order valence-electron chi connectivity index (χ4n) is 2.09. The molecule has 1 heterocycles. The van der Waals surface area contributed by atoms with Crippen LogP contribution in [0.5, 0.6) is 0 Å². The van der Waals surface area contributed by atoms with Crippen molar-refractivity contribution in [1.29, 1.82) is 0 Å². The summed E-state index contributed by atoms with van der Waals surface area (Å²) in [7, 11) is 0. The van der Waals surface area contributed by atoms with Crippen molar-refractivity contribution < 1.29 is 9.90 Å². The number of hydrogen-bond donors (Lipinski definition) is 1. The summed E-state index contributed by atoms with van der Waals surface area (Å²) in [6.07, 6.45) is 3.92. The average molecular weight is 298 g/mol. The third kappa shape index (κ3) is 4.18. The maximum atomic E-state index is 10.7. The number of nitrogens with zero attached hydrogens (tertiary/aromatic N) is 1. The van der Waals surface area contributed by atoms with E-state index in [0.717, 1.165) is 42.6 Å². The molecule has 1 N–H and O–H groups in total. The zero-order valence-electron chi connectivity index (χ0n) is 10.5. The van der Waals surface area contributed by atoms with Crippen LogP contribution in [0.3, 0.4) is 0 Å². The van der Waals surface area contributed by atoms with Crippen molar-refractivity contribution in [3.63, 3.8) is 0 Å². The summed E-state index contributed by atoms with van der Waals surface area (Å²) in [6.45, 7) is 1.99. The normalized spacial score (nSPS) is 16.6. The lowest BCUT2D eigenvalue weighted by Crippen LogP contribution is -2.26. The Labute approximate surface area is 122 Å². The van der Waals surface area contributed by atoms with E-state index in [1.807, 2.05) is 30.0 Å². The number of aliphatic carboxylic acids is 1. The number of hydrogen-bond acceptors (Lipinski definition) is 3. The van der Waals surface area contributed by atoms with E-state index in [-0.39, 0.29) is 0 Å². The number of carboxylic acids is 1. The van der Waals surface area contributed by atoms with Gasteiger partial charge in [-0.1, -0.05) is 11.6 Å². The second kappa shape index (κ2) is 6.87. The minimum absolute atomic E-state index is 0.623. The molecule has 1 aliphatic rings. The summed E-state index contributed by atoms with van der Waals surface area (Å²) in [4.78, 5) is 13.0. The van der Waals surface area contributed by atoms with E-state index in [0.29, 0.717) is 5.02 Å². The van der Waals surface area contributed by atoms with Gasteiger partial charge in [-0.25, -0.2) is 4.79 Å². The fraction of sp³-hybridized carbons (Fsp3) is 0.357. The number of thioether (sulfide) groups is 1. The average Bonchev–Trinajstić information content (AvgIpc) is 2.65. The summed E-state index contributed by atoms with van der Waals surface area (Å²) in [5.74, 6) is 1.34. The third-order valence-electron chi connectivity index (χ3n) is 2.96. The van der Waals surface area contributed by atoms with E-state index in [1.165, 1.54) is 5.75 Å². The Morgan fingerprint density at radius 1 is 1.37 bits per heavy atom. The van der Waals surface area contributed by atoms with E-state index in [1.54, 1.807) is 6.08 Å². The van der Waals surface area contributed by atoms with Crippen LogP contribution < -0.4 is 4.90 Å². The van der Waals surface area contributed by atoms with Crippen molar-refractivity contribution in [2.75, 3.05) is 29.5 Å². The minimum Gasteiger partial charge on any atom is -0.478 e. The van der Waals surface area contributed by atoms with Crippen LogP contribution in [0, 0.1) is 0 Å². The van der Waals surface area contributed by atoms with Crippen LogP contribution in [0.2, 0.25) is 5.02 Å². The highest BCUT2D eigenvalue weighted by molar-refractivity contribution is 7.99. The lowest BCUT2D eigenvalue weighted by atomic mass is 10.1. The summed E-state index contributed by atoms with van der Waals surface area (Å²) in [5.41, 5.74) is 1.92. The molecular formula is C14H16ClNO2S. The second-order valence-corrected chi connectivity index (χ2v) is 5.99. The van der Waals surface area contributed by atoms with E-state index in [2.05, 4.69) is 4.90 Å². The first-order valence-electron chi connectivity index (χ1n) is 6.20. The molecule has 1 aliphatic heterocycles. The summed E-state index contributed by atoms with van der Waals surface area (Å²) in [6, 6.07) is 5.64. The van der Waals surface area contributed by atoms with Crippen molar-refractivity contribution >= 4 is 41.1 Å². The molecule has 3 nitrogen and oxygen atoms in total. The number of carbonyl (C=O) groups is 1. The molecule has 0 amide bonds. The molecule has 2 rings (SSSR count). The summed E-state index contributed by atoms with van der Waals surface area (Å²) >= 11 is 7.96. The molecule has 0 spiro atoms. The summed E-state index contributed by atoms with van der Waals surface area (Å²) < 4.78 is 0. The van der Waals surface area contributed by atoms with Gasteiger partial charge in [-0.3, -0.25) is 0 Å². The van der Waals surface area contributed by atoms with Gasteiger partial charge in [0.15, 0.2) is 0 Å². The number of anilines is 1. The van der Waals surface area contributed by atoms with Crippen LogP contribution in [0.15, 0.2) is 24.3 Å². The number of halogens is 1. The van der Waals surface area contributed by atoms with Crippen LogP contribution in [0.25, 0.3) is 6.08 Å². The molecule has 0 aromatic heterocycles. The zero-order chi connectivity index (χ0) is 13.7. The van der Waals surface area contributed by atoms with Crippen molar-refractivity contribution in [3.05, 3.63) is 34.9 Å². The monoisotopic (exact) mass is 297 g/mol. The molecule has 102 valence electrons. The molecular weight excluding hydrogens is 282 g/mol. The standard InChI is InChI=1S/C14H16ClNO2S/c15-12-3-4-13(11(10-12)2-5-14(17)18)16-6-1-8-19-9-7-16/h2-5,10H,1,6-9H2,(H,17,18)/b5-2+. The van der Waals surface area contributed by atoms with Gasteiger partial charge in [0, 0.05) is 35.6 Å². The second-order valence-electron chi connectivity index (χ2n) is 4.33. The van der Waals surface area contributed by atoms with Crippen LogP contribution >= 0.6 is 23.4 Å². The highest BCUT2D eigenvalue weighted by atomic mass is 35.5. The minimum atomic E-state index is -0.947. The Morgan fingerprint density at radius 3 is 3.00 bits per heavy atom. The lowest BCUT2D eigenvalue weighted by molar-refractivity contribution is -0.131. The molecule has 0 bridgehead atoms. The van der Waals surface area contributed by atoms with E-state index < -0.39 is 5.97 Å². The zero-order valence-corrected chi connectivity index (χ0v) is 12.1. The third-order valence-corrected chi connectivity index (χ3v) is 4.24. The Hall–Kier alpha value is -1.13. The fourth-order valence-corrected chi connectivity index (χ4v) is 3.16. The van der Waals surface area contributed by atoms with Crippen molar-refractivity contribution in [2.45, 2.75) is 6.42 Å². The van der Waals surface area contributed by atoms with Gasteiger partial charge in [0.2, 0.25) is 0 Å². The maximum Gasteiger partial charge on any atom is 0.328 e. The maximum absolute atomic E-state index is 10.7. The Balaban J connectivity index is 2.29. The van der Waals surface area contributed by atoms with E-state index in [9.17, 15) is 4.79 Å². The van der Waals surface area contributed by atoms with Gasteiger partial charge in [0.1, 0.15) is 0 Å². The first-order chi connectivity index (χ1) is 9.16. The molecule has 1 aromatic carbocycles. The molecule has 0 saturated carbocycles. The molecule has 0 aliphatic carbocycles. The topological polar surface area (TPSA) is 40.5 Å². The predicted molar refractivity (Wildman–Crippen MR) is 82.3 cm³/mol. The Morgan fingerprint density at radius 2 is 2.21 bits per heavy atom. The molecule has 0 atom stereocenters. The highest BCUT2D eigenvalue weighted by Gasteiger charge is 2.13. The Kier molecular flexibility index (Phi) is 5.16. The van der Waals surface area contributed by atoms with Gasteiger partial charge in [-0.2, -0.15) is 11.8 Å². The molecule has 5 heteroatoms. The SMILES string of the molecule is O=C(O)/C=C/c1cc(Cl)ccc1N1CCCSCC1. The molecule has 1 fully saturated rings. The largest absolute Gasteiger partial charge is 0.478 e. The number of carboxylic acid groups (broad SMARTS) is 1. The van der Waals surface area contributed by atoms with Gasteiger partial charge in [-0.05, 0) is 42.0 Å². The van der Waals surface area contributed by atoms with E-state index >= 15 is 0 Å². The first-order valence-corrected chi connectivity index (χ1v) is 7.73. The van der Waals surface area contributed by atoms with Crippen molar-refractivity contribution in [2.24, 2.45) is 0 Å². The van der Waals surface area contributed by atoms with Crippen LogP contribution in [-0.4, -0.2) is 35.7 Å². The Bertz CT molecular complexity index is 482. The molecule has 1 saturated heterocycles. The lowest BCUT2D eigenvalue weighted by Gasteiger charge is -2.24. The predicted octanol–water partition coefficient (Wildman–Crippen LogP) is 3.38. The molecule has 0 radical (unpaired) electrons. The van der Waals surface area contributed by atoms with Crippen LogP contribution in [0.1, 0.15) is 12.0 Å². The molecule has 1 aromatic rings. The van der Waals surface area contributed by atoms with E-state index in [4.69, 9.17) is 16.7 Å². The smallest absolute Gasteiger partial charge is 0.328 e. The number of rotatable bonds is 3. The van der Waals surface area contributed by atoms with Crippen LogP contribution in [-0.2, 0) is 4.79 Å². The van der Waals surface area contributed by atoms with Gasteiger partial charge >= 0.3 is 5.97 Å². The highest BCUT2D eigenvalue weighted by Crippen LogP contribution is 2.27. The van der Waals surface area contributed by atoms with Crippen LogP contribution in [0.4, 0.5) is 5.69 Å². The summed E-state index contributed by atoms with van der Waals surface area (Å²) in [5, 5.41) is 9.38. The van der Waals surface area contributed by atoms with Gasteiger partial charge in [-0.15, -0.1) is 0 Å². The number of benzene rings is 1. The first kappa shape index (κ1) is 14.3.